The first-order valence-electron chi connectivity index (χ1n) is 8.72. The summed E-state index contributed by atoms with van der Waals surface area (Å²) in [4.78, 5) is 19.1. The monoisotopic (exact) mass is 346 g/mol. The van der Waals surface area contributed by atoms with Crippen LogP contribution >= 0.6 is 0 Å². The molecular formula is C19H23FN2O3. The molecule has 2 heterocycles. The Morgan fingerprint density at radius 2 is 2.12 bits per heavy atom. The van der Waals surface area contributed by atoms with E-state index in [2.05, 4.69) is 4.98 Å². The Labute approximate surface area is 146 Å². The molecule has 0 spiro atoms. The molecule has 0 aliphatic carbocycles. The fraction of sp³-hybridized carbons (Fsp3) is 0.474. The third-order valence-corrected chi connectivity index (χ3v) is 4.32. The van der Waals surface area contributed by atoms with Crippen molar-refractivity contribution in [3.8, 4) is 11.5 Å². The summed E-state index contributed by atoms with van der Waals surface area (Å²) in [5.41, 5.74) is 0.954. The molecular weight excluding hydrogens is 323 g/mol. The molecule has 1 fully saturated rings. The average molecular weight is 346 g/mol. The summed E-state index contributed by atoms with van der Waals surface area (Å²) in [6.45, 7) is 5.75. The van der Waals surface area contributed by atoms with E-state index in [1.54, 1.807) is 24.0 Å². The van der Waals surface area contributed by atoms with Gasteiger partial charge in [0.2, 0.25) is 5.89 Å². The van der Waals surface area contributed by atoms with Gasteiger partial charge in [0, 0.05) is 25.3 Å². The lowest BCUT2D eigenvalue weighted by atomic mass is 10.2. The standard InChI is InChI=1S/C19H23FN2O3/c1-3-10-22(12-16-5-4-11-24-16)19(23)17-13(2)25-18(21-17)14-6-8-15(20)9-7-14/h6-9,16H,3-5,10-12H2,1-2H3/t16-/m1/s1. The summed E-state index contributed by atoms with van der Waals surface area (Å²) in [6, 6.07) is 5.87. The van der Waals surface area contributed by atoms with Gasteiger partial charge in [-0.2, -0.15) is 0 Å². The van der Waals surface area contributed by atoms with E-state index < -0.39 is 0 Å². The predicted octanol–water partition coefficient (Wildman–Crippen LogP) is 3.82. The van der Waals surface area contributed by atoms with Crippen LogP contribution < -0.4 is 0 Å². The van der Waals surface area contributed by atoms with Crippen molar-refractivity contribution in [2.24, 2.45) is 0 Å². The highest BCUT2D eigenvalue weighted by Crippen LogP contribution is 2.23. The van der Waals surface area contributed by atoms with Gasteiger partial charge in [-0.25, -0.2) is 9.37 Å². The van der Waals surface area contributed by atoms with Crippen molar-refractivity contribution in [1.82, 2.24) is 9.88 Å². The summed E-state index contributed by atoms with van der Waals surface area (Å²) < 4.78 is 24.4. The molecule has 1 aliphatic rings. The van der Waals surface area contributed by atoms with Crippen LogP contribution in [0.5, 0.6) is 0 Å². The van der Waals surface area contributed by atoms with Crippen LogP contribution in [0.15, 0.2) is 28.7 Å². The zero-order valence-corrected chi connectivity index (χ0v) is 14.6. The molecule has 0 radical (unpaired) electrons. The van der Waals surface area contributed by atoms with Crippen molar-refractivity contribution >= 4 is 5.91 Å². The first-order valence-corrected chi connectivity index (χ1v) is 8.72. The number of carbonyl (C=O) groups excluding carboxylic acids is 1. The molecule has 1 amide bonds. The minimum atomic E-state index is -0.325. The first kappa shape index (κ1) is 17.6. The summed E-state index contributed by atoms with van der Waals surface area (Å²) in [7, 11) is 0. The van der Waals surface area contributed by atoms with Crippen molar-refractivity contribution in [2.45, 2.75) is 39.2 Å². The topological polar surface area (TPSA) is 55.6 Å². The van der Waals surface area contributed by atoms with E-state index in [1.165, 1.54) is 12.1 Å². The number of aromatic nitrogens is 1. The van der Waals surface area contributed by atoms with Crippen LogP contribution in [0.1, 0.15) is 42.4 Å². The molecule has 1 aromatic carbocycles. The third kappa shape index (κ3) is 4.07. The normalized spacial score (nSPS) is 17.0. The van der Waals surface area contributed by atoms with E-state index in [0.717, 1.165) is 25.9 Å². The lowest BCUT2D eigenvalue weighted by Gasteiger charge is -2.24. The maximum atomic E-state index is 13.1. The number of carbonyl (C=O) groups is 1. The van der Waals surface area contributed by atoms with Crippen molar-refractivity contribution in [2.75, 3.05) is 19.7 Å². The SMILES string of the molecule is CCCN(C[C@H]1CCCO1)C(=O)c1nc(-c2ccc(F)cc2)oc1C. The molecule has 1 aromatic heterocycles. The van der Waals surface area contributed by atoms with E-state index >= 15 is 0 Å². The number of benzene rings is 1. The number of ether oxygens (including phenoxy) is 1. The number of halogens is 1. The van der Waals surface area contributed by atoms with Crippen LogP contribution in [0.4, 0.5) is 4.39 Å². The Hall–Kier alpha value is -2.21. The fourth-order valence-corrected chi connectivity index (χ4v) is 3.04. The van der Waals surface area contributed by atoms with Crippen molar-refractivity contribution in [3.63, 3.8) is 0 Å². The third-order valence-electron chi connectivity index (χ3n) is 4.32. The Morgan fingerprint density at radius 3 is 2.76 bits per heavy atom. The van der Waals surface area contributed by atoms with Crippen molar-refractivity contribution < 1.29 is 18.3 Å². The molecule has 1 saturated heterocycles. The van der Waals surface area contributed by atoms with Gasteiger partial charge >= 0.3 is 0 Å². The highest BCUT2D eigenvalue weighted by molar-refractivity contribution is 5.93. The van der Waals surface area contributed by atoms with E-state index in [1.807, 2.05) is 6.92 Å². The zero-order chi connectivity index (χ0) is 17.8. The van der Waals surface area contributed by atoms with Gasteiger partial charge in [0.05, 0.1) is 6.10 Å². The lowest BCUT2D eigenvalue weighted by Crippen LogP contribution is -2.38. The van der Waals surface area contributed by atoms with Gasteiger partial charge in [0.25, 0.3) is 5.91 Å². The summed E-state index contributed by atoms with van der Waals surface area (Å²) >= 11 is 0. The number of aryl methyl sites for hydroxylation is 1. The molecule has 1 aliphatic heterocycles. The highest BCUT2D eigenvalue weighted by atomic mass is 19.1. The van der Waals surface area contributed by atoms with Gasteiger partial charge in [-0.1, -0.05) is 6.92 Å². The number of hydrogen-bond acceptors (Lipinski definition) is 4. The summed E-state index contributed by atoms with van der Waals surface area (Å²) in [5.74, 6) is 0.327. The van der Waals surface area contributed by atoms with E-state index in [9.17, 15) is 9.18 Å². The largest absolute Gasteiger partial charge is 0.441 e. The van der Waals surface area contributed by atoms with Crippen LogP contribution in [0.25, 0.3) is 11.5 Å². The second kappa shape index (κ2) is 7.78. The van der Waals surface area contributed by atoms with Crippen LogP contribution in [-0.4, -0.2) is 41.6 Å². The molecule has 3 rings (SSSR count). The molecule has 1 atom stereocenters. The number of amides is 1. The van der Waals surface area contributed by atoms with Crippen molar-refractivity contribution in [1.29, 1.82) is 0 Å². The van der Waals surface area contributed by atoms with Crippen LogP contribution in [0.2, 0.25) is 0 Å². The zero-order valence-electron chi connectivity index (χ0n) is 14.6. The molecule has 2 aromatic rings. The number of hydrogen-bond donors (Lipinski definition) is 0. The van der Waals surface area contributed by atoms with E-state index in [0.29, 0.717) is 36.0 Å². The summed E-state index contributed by atoms with van der Waals surface area (Å²) in [6.07, 6.45) is 2.97. The maximum Gasteiger partial charge on any atom is 0.276 e. The lowest BCUT2D eigenvalue weighted by molar-refractivity contribution is 0.0521. The molecule has 25 heavy (non-hydrogen) atoms. The van der Waals surface area contributed by atoms with Gasteiger partial charge in [0.15, 0.2) is 5.69 Å². The number of oxazole rings is 1. The molecule has 134 valence electrons. The Kier molecular flexibility index (Phi) is 5.48. The van der Waals surface area contributed by atoms with Gasteiger partial charge < -0.3 is 14.1 Å². The van der Waals surface area contributed by atoms with Crippen LogP contribution in [0.3, 0.4) is 0 Å². The maximum absolute atomic E-state index is 13.1. The summed E-state index contributed by atoms with van der Waals surface area (Å²) in [5, 5.41) is 0. The highest BCUT2D eigenvalue weighted by Gasteiger charge is 2.26. The first-order chi connectivity index (χ1) is 12.1. The van der Waals surface area contributed by atoms with E-state index in [-0.39, 0.29) is 17.8 Å². The minimum Gasteiger partial charge on any atom is -0.441 e. The molecule has 0 saturated carbocycles. The Balaban J connectivity index is 1.80. The van der Waals surface area contributed by atoms with Crippen LogP contribution in [-0.2, 0) is 4.74 Å². The predicted molar refractivity (Wildman–Crippen MR) is 91.8 cm³/mol. The smallest absolute Gasteiger partial charge is 0.276 e. The molecule has 0 unspecified atom stereocenters. The molecule has 0 N–H and O–H groups in total. The van der Waals surface area contributed by atoms with E-state index in [4.69, 9.17) is 9.15 Å². The second-order valence-corrected chi connectivity index (χ2v) is 6.32. The molecule has 6 heteroatoms. The quantitative estimate of drug-likeness (QED) is 0.798. The van der Waals surface area contributed by atoms with Gasteiger partial charge in [-0.3, -0.25) is 4.79 Å². The fourth-order valence-electron chi connectivity index (χ4n) is 3.04. The minimum absolute atomic E-state index is 0.0966. The van der Waals surface area contributed by atoms with Crippen molar-refractivity contribution in [3.05, 3.63) is 41.5 Å². The average Bonchev–Trinajstić information content (AvgIpc) is 3.24. The Bertz CT molecular complexity index is 721. The van der Waals surface area contributed by atoms with Gasteiger partial charge in [0.1, 0.15) is 11.6 Å². The van der Waals surface area contributed by atoms with Gasteiger partial charge in [-0.15, -0.1) is 0 Å². The number of nitrogens with zero attached hydrogens (tertiary/aromatic N) is 2. The van der Waals surface area contributed by atoms with Crippen LogP contribution in [0, 0.1) is 12.7 Å². The Morgan fingerprint density at radius 1 is 1.36 bits per heavy atom. The second-order valence-electron chi connectivity index (χ2n) is 6.32. The molecule has 0 bridgehead atoms. The van der Waals surface area contributed by atoms with Gasteiger partial charge in [-0.05, 0) is 50.5 Å². The number of rotatable bonds is 6. The molecule has 5 nitrogen and oxygen atoms in total.